The molecule has 3 nitrogen and oxygen atoms in total. The highest BCUT2D eigenvalue weighted by molar-refractivity contribution is 8.18. The van der Waals surface area contributed by atoms with Crippen molar-refractivity contribution >= 4 is 34.6 Å². The van der Waals surface area contributed by atoms with Crippen molar-refractivity contribution in [3.8, 4) is 0 Å². The molecule has 0 aromatic heterocycles. The average Bonchev–Trinajstić information content (AvgIpc) is 2.83. The number of thioether (sulfide) groups is 1. The van der Waals surface area contributed by atoms with Gasteiger partial charge in [0, 0.05) is 0 Å². The first-order valence-corrected chi connectivity index (χ1v) is 7.85. The standard InChI is InChI=1S/C18H16N2OS/c1-12-3-7-14(8-4-12)11-16-17(20-18(21)22-16)19-15-9-5-13(2)6-10-15/h3-11H,1-2H3,(H,19,20,21)/b16-11-. The molecule has 1 fully saturated rings. The third-order valence-electron chi connectivity index (χ3n) is 3.31. The van der Waals surface area contributed by atoms with Crippen LogP contribution in [-0.4, -0.2) is 11.1 Å². The second kappa shape index (κ2) is 6.20. The number of amides is 1. The van der Waals surface area contributed by atoms with Crippen LogP contribution in [0.5, 0.6) is 0 Å². The van der Waals surface area contributed by atoms with Crippen molar-refractivity contribution in [3.63, 3.8) is 0 Å². The minimum absolute atomic E-state index is 0.0933. The molecule has 1 aliphatic rings. The van der Waals surface area contributed by atoms with Gasteiger partial charge in [-0.2, -0.15) is 0 Å². The van der Waals surface area contributed by atoms with Gasteiger partial charge in [-0.3, -0.25) is 4.79 Å². The van der Waals surface area contributed by atoms with Gasteiger partial charge in [0.1, 0.15) is 5.84 Å². The van der Waals surface area contributed by atoms with Gasteiger partial charge in [0.15, 0.2) is 0 Å². The fraction of sp³-hybridized carbons (Fsp3) is 0.111. The Labute approximate surface area is 134 Å². The first-order valence-electron chi connectivity index (χ1n) is 7.03. The van der Waals surface area contributed by atoms with Crippen molar-refractivity contribution in [2.45, 2.75) is 13.8 Å². The number of carbonyl (C=O) groups is 1. The number of rotatable bonds is 2. The largest absolute Gasteiger partial charge is 0.300 e. The van der Waals surface area contributed by atoms with Crippen molar-refractivity contribution in [2.75, 3.05) is 0 Å². The van der Waals surface area contributed by atoms with E-state index in [4.69, 9.17) is 0 Å². The number of nitrogens with zero attached hydrogens (tertiary/aromatic N) is 1. The van der Waals surface area contributed by atoms with Crippen LogP contribution in [0.3, 0.4) is 0 Å². The Hall–Kier alpha value is -2.33. The molecular formula is C18H16N2OS. The molecule has 4 heteroatoms. The third-order valence-corrected chi connectivity index (χ3v) is 4.13. The number of hydrogen-bond acceptors (Lipinski definition) is 3. The highest BCUT2D eigenvalue weighted by atomic mass is 32.2. The molecule has 2 aromatic carbocycles. The van der Waals surface area contributed by atoms with Crippen LogP contribution in [0.25, 0.3) is 6.08 Å². The maximum atomic E-state index is 11.7. The summed E-state index contributed by atoms with van der Waals surface area (Å²) in [6, 6.07) is 16.1. The van der Waals surface area contributed by atoms with Gasteiger partial charge < -0.3 is 5.32 Å². The van der Waals surface area contributed by atoms with E-state index >= 15 is 0 Å². The van der Waals surface area contributed by atoms with E-state index in [-0.39, 0.29) is 5.24 Å². The Balaban J connectivity index is 1.93. The van der Waals surface area contributed by atoms with E-state index in [0.717, 1.165) is 16.2 Å². The highest BCUT2D eigenvalue weighted by Gasteiger charge is 2.23. The fourth-order valence-electron chi connectivity index (χ4n) is 2.08. The molecule has 1 aliphatic heterocycles. The topological polar surface area (TPSA) is 41.5 Å². The SMILES string of the molecule is Cc1ccc(/C=C2\SC(=O)NC2=Nc2ccc(C)cc2)cc1. The number of benzene rings is 2. The van der Waals surface area contributed by atoms with E-state index in [9.17, 15) is 4.79 Å². The molecule has 1 saturated heterocycles. The highest BCUT2D eigenvalue weighted by Crippen LogP contribution is 2.28. The molecule has 2 aromatic rings. The van der Waals surface area contributed by atoms with Gasteiger partial charge in [0.05, 0.1) is 10.6 Å². The summed E-state index contributed by atoms with van der Waals surface area (Å²) >= 11 is 1.18. The summed E-state index contributed by atoms with van der Waals surface area (Å²) in [5.74, 6) is 0.611. The van der Waals surface area contributed by atoms with Crippen molar-refractivity contribution in [3.05, 3.63) is 70.1 Å². The van der Waals surface area contributed by atoms with E-state index < -0.39 is 0 Å². The van der Waals surface area contributed by atoms with Gasteiger partial charge in [0.2, 0.25) is 0 Å². The Kier molecular flexibility index (Phi) is 4.11. The van der Waals surface area contributed by atoms with Crippen LogP contribution in [-0.2, 0) is 0 Å². The van der Waals surface area contributed by atoms with Gasteiger partial charge in [0.25, 0.3) is 5.24 Å². The van der Waals surface area contributed by atoms with Crippen molar-refractivity contribution in [1.82, 2.24) is 5.32 Å². The van der Waals surface area contributed by atoms with Crippen molar-refractivity contribution in [2.24, 2.45) is 4.99 Å². The van der Waals surface area contributed by atoms with Gasteiger partial charge in [-0.1, -0.05) is 47.5 Å². The monoisotopic (exact) mass is 308 g/mol. The van der Waals surface area contributed by atoms with Gasteiger partial charge in [-0.25, -0.2) is 4.99 Å². The maximum absolute atomic E-state index is 11.7. The summed E-state index contributed by atoms with van der Waals surface area (Å²) in [7, 11) is 0. The zero-order valence-corrected chi connectivity index (χ0v) is 13.3. The lowest BCUT2D eigenvalue weighted by molar-refractivity contribution is 0.265. The molecule has 0 unspecified atom stereocenters. The van der Waals surface area contributed by atoms with Gasteiger partial charge in [-0.15, -0.1) is 0 Å². The number of carbonyl (C=O) groups excluding carboxylic acids is 1. The Bertz CT molecular complexity index is 693. The molecule has 1 N–H and O–H groups in total. The lowest BCUT2D eigenvalue weighted by Gasteiger charge is -2.01. The Morgan fingerprint density at radius 3 is 2.18 bits per heavy atom. The summed E-state index contributed by atoms with van der Waals surface area (Å²) < 4.78 is 0. The molecule has 3 rings (SSSR count). The summed E-state index contributed by atoms with van der Waals surface area (Å²) in [5, 5.41) is 2.71. The smallest absolute Gasteiger partial charge is 0.289 e. The molecule has 22 heavy (non-hydrogen) atoms. The number of aryl methyl sites for hydroxylation is 2. The second-order valence-electron chi connectivity index (χ2n) is 5.23. The van der Waals surface area contributed by atoms with E-state index in [0.29, 0.717) is 5.84 Å². The molecule has 0 spiro atoms. The summed E-state index contributed by atoms with van der Waals surface area (Å²) in [5.41, 5.74) is 4.28. The van der Waals surface area contributed by atoms with E-state index in [1.807, 2.05) is 49.4 Å². The Morgan fingerprint density at radius 1 is 0.955 bits per heavy atom. The summed E-state index contributed by atoms with van der Waals surface area (Å²) in [6.07, 6.45) is 1.98. The van der Waals surface area contributed by atoms with Crippen LogP contribution in [0.2, 0.25) is 0 Å². The fourth-order valence-corrected chi connectivity index (χ4v) is 2.81. The van der Waals surface area contributed by atoms with Crippen LogP contribution < -0.4 is 5.32 Å². The molecule has 1 heterocycles. The summed E-state index contributed by atoms with van der Waals surface area (Å²) in [6.45, 7) is 4.09. The van der Waals surface area contributed by atoms with Crippen LogP contribution in [0.4, 0.5) is 10.5 Å². The molecule has 110 valence electrons. The molecular weight excluding hydrogens is 292 g/mol. The van der Waals surface area contributed by atoms with Crippen molar-refractivity contribution in [1.29, 1.82) is 0 Å². The van der Waals surface area contributed by atoms with Gasteiger partial charge >= 0.3 is 0 Å². The lowest BCUT2D eigenvalue weighted by Crippen LogP contribution is -2.18. The number of hydrogen-bond donors (Lipinski definition) is 1. The van der Waals surface area contributed by atoms with E-state index in [2.05, 4.69) is 29.4 Å². The predicted molar refractivity (Wildman–Crippen MR) is 93.6 cm³/mol. The molecule has 0 bridgehead atoms. The van der Waals surface area contributed by atoms with Crippen LogP contribution >= 0.6 is 11.8 Å². The minimum atomic E-state index is -0.0933. The van der Waals surface area contributed by atoms with E-state index in [1.165, 1.54) is 22.9 Å². The quantitative estimate of drug-likeness (QED) is 0.863. The predicted octanol–water partition coefficient (Wildman–Crippen LogP) is 4.83. The normalized spacial score (nSPS) is 18.0. The van der Waals surface area contributed by atoms with Crippen LogP contribution in [0.15, 0.2) is 58.4 Å². The summed E-state index contributed by atoms with van der Waals surface area (Å²) in [4.78, 5) is 17.1. The zero-order valence-electron chi connectivity index (χ0n) is 12.5. The second-order valence-corrected chi connectivity index (χ2v) is 6.24. The lowest BCUT2D eigenvalue weighted by atomic mass is 10.1. The first-order chi connectivity index (χ1) is 10.6. The first kappa shape index (κ1) is 14.6. The molecule has 0 aliphatic carbocycles. The molecule has 0 saturated carbocycles. The molecule has 1 amide bonds. The number of nitrogens with one attached hydrogen (secondary N) is 1. The maximum Gasteiger partial charge on any atom is 0.289 e. The van der Waals surface area contributed by atoms with E-state index in [1.54, 1.807) is 0 Å². The molecule has 0 atom stereocenters. The zero-order chi connectivity index (χ0) is 15.5. The van der Waals surface area contributed by atoms with Crippen LogP contribution in [0, 0.1) is 13.8 Å². The molecule has 0 radical (unpaired) electrons. The van der Waals surface area contributed by atoms with Crippen LogP contribution in [0.1, 0.15) is 16.7 Å². The van der Waals surface area contributed by atoms with Gasteiger partial charge in [-0.05, 0) is 49.4 Å². The average molecular weight is 308 g/mol. The number of amidine groups is 1. The Morgan fingerprint density at radius 2 is 1.55 bits per heavy atom. The third kappa shape index (κ3) is 3.46. The number of aliphatic imine (C=N–C) groups is 1. The van der Waals surface area contributed by atoms with Crippen molar-refractivity contribution < 1.29 is 4.79 Å². The minimum Gasteiger partial charge on any atom is -0.300 e.